The van der Waals surface area contributed by atoms with E-state index in [0.717, 1.165) is 12.1 Å². The molecule has 68 valence electrons. The molecule has 0 aliphatic carbocycles. The summed E-state index contributed by atoms with van der Waals surface area (Å²) < 4.78 is 37.8. The van der Waals surface area contributed by atoms with Crippen molar-refractivity contribution in [2.45, 2.75) is 6.54 Å². The first kappa shape index (κ1) is 9.48. The maximum Gasteiger partial charge on any atom is 0.235 e. The Bertz CT molecular complexity index is 372. The number of hydrogen-bond acceptors (Lipinski definition) is 2. The van der Waals surface area contributed by atoms with Gasteiger partial charge in [-0.1, -0.05) is 0 Å². The van der Waals surface area contributed by atoms with E-state index in [1.54, 1.807) is 0 Å². The molecule has 0 saturated heterocycles. The molecular weight excluding hydrogens is 183 g/mol. The number of hydrogen-bond donors (Lipinski definition) is 0. The van der Waals surface area contributed by atoms with Gasteiger partial charge in [0.1, 0.15) is 5.82 Å². The molecule has 0 bridgehead atoms. The van der Waals surface area contributed by atoms with Crippen molar-refractivity contribution in [2.24, 2.45) is 4.99 Å². The predicted molar refractivity (Wildman–Crippen MR) is 38.1 cm³/mol. The zero-order chi connectivity index (χ0) is 9.84. The summed E-state index contributed by atoms with van der Waals surface area (Å²) in [6.45, 7) is -0.413. The van der Waals surface area contributed by atoms with Gasteiger partial charge in [-0.2, -0.15) is 0 Å². The Morgan fingerprint density at radius 1 is 1.31 bits per heavy atom. The SMILES string of the molecule is O=C=NCc1cc(F)cc(F)c1F. The molecule has 1 aromatic rings. The predicted octanol–water partition coefficient (Wildman–Crippen LogP) is 1.94. The number of carbonyl (C=O) groups excluding carboxylic acids is 1. The quantitative estimate of drug-likeness (QED) is 0.395. The minimum Gasteiger partial charge on any atom is -0.211 e. The first-order chi connectivity index (χ1) is 6.15. The molecule has 0 amide bonds. The van der Waals surface area contributed by atoms with E-state index < -0.39 is 24.0 Å². The van der Waals surface area contributed by atoms with Gasteiger partial charge < -0.3 is 0 Å². The molecule has 0 spiro atoms. The van der Waals surface area contributed by atoms with Crippen LogP contribution in [0.4, 0.5) is 13.2 Å². The number of nitrogens with zero attached hydrogens (tertiary/aromatic N) is 1. The monoisotopic (exact) mass is 187 g/mol. The van der Waals surface area contributed by atoms with Crippen molar-refractivity contribution in [3.63, 3.8) is 0 Å². The lowest BCUT2D eigenvalue weighted by atomic mass is 10.2. The first-order valence-electron chi connectivity index (χ1n) is 3.32. The van der Waals surface area contributed by atoms with Gasteiger partial charge in [-0.15, -0.1) is 0 Å². The van der Waals surface area contributed by atoms with Crippen LogP contribution in [0.15, 0.2) is 17.1 Å². The molecule has 0 aliphatic heterocycles. The molecule has 1 rings (SSSR count). The molecule has 0 aliphatic rings. The van der Waals surface area contributed by atoms with E-state index >= 15 is 0 Å². The lowest BCUT2D eigenvalue weighted by Gasteiger charge is -1.99. The van der Waals surface area contributed by atoms with Gasteiger partial charge in [0.2, 0.25) is 6.08 Å². The normalized spacial score (nSPS) is 9.46. The van der Waals surface area contributed by atoms with Gasteiger partial charge >= 0.3 is 0 Å². The second-order valence-corrected chi connectivity index (χ2v) is 2.27. The van der Waals surface area contributed by atoms with Gasteiger partial charge in [-0.25, -0.2) is 23.0 Å². The Balaban J connectivity index is 3.12. The number of rotatable bonds is 2. The Morgan fingerprint density at radius 2 is 2.00 bits per heavy atom. The Morgan fingerprint density at radius 3 is 2.62 bits per heavy atom. The topological polar surface area (TPSA) is 29.4 Å². The molecule has 0 atom stereocenters. The van der Waals surface area contributed by atoms with E-state index in [-0.39, 0.29) is 5.56 Å². The highest BCUT2D eigenvalue weighted by Gasteiger charge is 2.09. The third kappa shape index (κ3) is 2.16. The van der Waals surface area contributed by atoms with Crippen LogP contribution in [0.5, 0.6) is 0 Å². The maximum absolute atomic E-state index is 12.8. The lowest BCUT2D eigenvalue weighted by Crippen LogP contribution is -1.94. The van der Waals surface area contributed by atoms with Crippen LogP contribution in [-0.2, 0) is 11.3 Å². The summed E-state index contributed by atoms with van der Waals surface area (Å²) in [5.41, 5.74) is -0.305. The zero-order valence-electron chi connectivity index (χ0n) is 6.35. The molecule has 0 aromatic heterocycles. The van der Waals surface area contributed by atoms with Crippen molar-refractivity contribution in [1.29, 1.82) is 0 Å². The van der Waals surface area contributed by atoms with Crippen molar-refractivity contribution >= 4 is 6.08 Å². The summed E-state index contributed by atoms with van der Waals surface area (Å²) in [5, 5.41) is 0. The minimum atomic E-state index is -1.30. The number of benzene rings is 1. The van der Waals surface area contributed by atoms with Gasteiger partial charge in [0, 0.05) is 11.6 Å². The summed E-state index contributed by atoms with van der Waals surface area (Å²) in [7, 11) is 0. The molecule has 13 heavy (non-hydrogen) atoms. The third-order valence-corrected chi connectivity index (χ3v) is 1.38. The molecule has 0 heterocycles. The fraction of sp³-hybridized carbons (Fsp3) is 0.125. The molecule has 0 saturated carbocycles. The van der Waals surface area contributed by atoms with Crippen LogP contribution in [0.2, 0.25) is 0 Å². The highest BCUT2D eigenvalue weighted by atomic mass is 19.2. The van der Waals surface area contributed by atoms with E-state index in [9.17, 15) is 18.0 Å². The third-order valence-electron chi connectivity index (χ3n) is 1.38. The summed E-state index contributed by atoms with van der Waals surface area (Å²) in [4.78, 5) is 12.7. The molecule has 0 N–H and O–H groups in total. The van der Waals surface area contributed by atoms with Crippen LogP contribution in [0.3, 0.4) is 0 Å². The van der Waals surface area contributed by atoms with Gasteiger partial charge in [0.15, 0.2) is 11.6 Å². The lowest BCUT2D eigenvalue weighted by molar-refractivity contribution is 0.485. The van der Waals surface area contributed by atoms with Crippen molar-refractivity contribution < 1.29 is 18.0 Å². The van der Waals surface area contributed by atoms with Crippen LogP contribution in [-0.4, -0.2) is 6.08 Å². The van der Waals surface area contributed by atoms with E-state index in [1.807, 2.05) is 0 Å². The number of isocyanates is 1. The van der Waals surface area contributed by atoms with Crippen LogP contribution >= 0.6 is 0 Å². The molecular formula is C8H4F3NO. The smallest absolute Gasteiger partial charge is 0.211 e. The first-order valence-corrected chi connectivity index (χ1v) is 3.32. The molecule has 5 heteroatoms. The van der Waals surface area contributed by atoms with Crippen molar-refractivity contribution in [3.8, 4) is 0 Å². The fourth-order valence-corrected chi connectivity index (χ4v) is 0.842. The van der Waals surface area contributed by atoms with Crippen molar-refractivity contribution in [2.75, 3.05) is 0 Å². The van der Waals surface area contributed by atoms with Crippen LogP contribution in [0.25, 0.3) is 0 Å². The van der Waals surface area contributed by atoms with Crippen molar-refractivity contribution in [1.82, 2.24) is 0 Å². The maximum atomic E-state index is 12.8. The minimum absolute atomic E-state index is 0.305. The highest BCUT2D eigenvalue weighted by molar-refractivity contribution is 5.34. The summed E-state index contributed by atoms with van der Waals surface area (Å²) in [5.74, 6) is -3.40. The van der Waals surface area contributed by atoms with Gasteiger partial charge in [-0.3, -0.25) is 0 Å². The Labute approximate surface area is 71.7 Å². The summed E-state index contributed by atoms with van der Waals surface area (Å²) >= 11 is 0. The average molecular weight is 187 g/mol. The standard InChI is InChI=1S/C8H4F3NO/c9-6-1-5(3-12-4-13)8(11)7(10)2-6/h1-2H,3H2. The average Bonchev–Trinajstić information content (AvgIpc) is 2.09. The van der Waals surface area contributed by atoms with E-state index in [4.69, 9.17) is 0 Å². The Kier molecular flexibility index (Phi) is 2.82. The largest absolute Gasteiger partial charge is 0.235 e. The second kappa shape index (κ2) is 3.87. The molecule has 2 nitrogen and oxygen atoms in total. The molecule has 1 aromatic carbocycles. The molecule has 0 radical (unpaired) electrons. The molecule has 0 unspecified atom stereocenters. The van der Waals surface area contributed by atoms with Crippen molar-refractivity contribution in [3.05, 3.63) is 35.1 Å². The number of halogens is 3. The van der Waals surface area contributed by atoms with Crippen LogP contribution < -0.4 is 0 Å². The van der Waals surface area contributed by atoms with E-state index in [1.165, 1.54) is 0 Å². The fourth-order valence-electron chi connectivity index (χ4n) is 0.842. The summed E-state index contributed by atoms with van der Waals surface area (Å²) in [6, 6.07) is 1.20. The van der Waals surface area contributed by atoms with E-state index in [0.29, 0.717) is 6.07 Å². The van der Waals surface area contributed by atoms with Crippen LogP contribution in [0.1, 0.15) is 5.56 Å². The van der Waals surface area contributed by atoms with Gasteiger partial charge in [0.05, 0.1) is 6.54 Å². The summed E-state index contributed by atoms with van der Waals surface area (Å²) in [6.07, 6.45) is 1.15. The Hall–Kier alpha value is -1.61. The number of aliphatic imine (C=N–C) groups is 1. The van der Waals surface area contributed by atoms with E-state index in [2.05, 4.69) is 4.99 Å². The molecule has 0 fully saturated rings. The highest BCUT2D eigenvalue weighted by Crippen LogP contribution is 2.14. The zero-order valence-corrected chi connectivity index (χ0v) is 6.35. The van der Waals surface area contributed by atoms with Gasteiger partial charge in [-0.05, 0) is 6.07 Å². The van der Waals surface area contributed by atoms with Crippen LogP contribution in [0, 0.1) is 17.5 Å². The van der Waals surface area contributed by atoms with Gasteiger partial charge in [0.25, 0.3) is 0 Å². The second-order valence-electron chi connectivity index (χ2n) is 2.27.